The molecule has 0 heterocycles. The molecule has 0 N–H and O–H groups in total. The van der Waals surface area contributed by atoms with Crippen LogP contribution in [0, 0.1) is 10.1 Å². The number of hydrogen-bond acceptors (Lipinski definition) is 3. The van der Waals surface area contributed by atoms with E-state index in [-0.39, 0.29) is 5.69 Å². The van der Waals surface area contributed by atoms with Crippen molar-refractivity contribution in [2.75, 3.05) is 0 Å². The van der Waals surface area contributed by atoms with Crippen LogP contribution >= 0.6 is 23.2 Å². The number of benzene rings is 1. The first kappa shape index (κ1) is 11.4. The first-order valence-electron chi connectivity index (χ1n) is 3.45. The predicted molar refractivity (Wildman–Crippen MR) is 55.0 cm³/mol. The van der Waals surface area contributed by atoms with Crippen LogP contribution in [0.3, 0.4) is 0 Å². The summed E-state index contributed by atoms with van der Waals surface area (Å²) in [5.74, 6) is 0. The molecule has 4 nitrogen and oxygen atoms in total. The van der Waals surface area contributed by atoms with E-state index >= 15 is 0 Å². The molecule has 0 amide bonds. The molecule has 76 valence electrons. The topological polar surface area (TPSA) is 60.2 Å². The molecule has 0 fully saturated rings. The van der Waals surface area contributed by atoms with Crippen LogP contribution < -0.4 is 0 Å². The van der Waals surface area contributed by atoms with Crippen molar-refractivity contribution in [3.63, 3.8) is 0 Å². The van der Waals surface area contributed by atoms with Gasteiger partial charge >= 0.3 is 0 Å². The lowest BCUT2D eigenvalue weighted by atomic mass is 10.3. The SMILES string of the molecule is O=[N+]([O-])c1ccc([S@](=O)C(Cl)Cl)cc1. The average Bonchev–Trinajstić information content (AvgIpc) is 2.16. The zero-order chi connectivity index (χ0) is 10.7. The lowest BCUT2D eigenvalue weighted by molar-refractivity contribution is -0.384. The van der Waals surface area contributed by atoms with Crippen LogP contribution in [0.5, 0.6) is 0 Å². The van der Waals surface area contributed by atoms with Crippen molar-refractivity contribution in [3.05, 3.63) is 34.4 Å². The van der Waals surface area contributed by atoms with Gasteiger partial charge in [0.1, 0.15) is 0 Å². The molecule has 0 saturated heterocycles. The summed E-state index contributed by atoms with van der Waals surface area (Å²) in [4.78, 5) is 10.1. The Morgan fingerprint density at radius 2 is 1.79 bits per heavy atom. The molecule has 1 aromatic carbocycles. The number of nitrogens with zero attached hydrogens (tertiary/aromatic N) is 1. The molecule has 0 aliphatic heterocycles. The third kappa shape index (κ3) is 2.67. The summed E-state index contributed by atoms with van der Waals surface area (Å²) in [6.45, 7) is 0. The largest absolute Gasteiger partial charge is 0.269 e. The molecule has 7 heteroatoms. The molecule has 0 aliphatic rings. The Morgan fingerprint density at radius 3 is 2.14 bits per heavy atom. The standard InChI is InChI=1S/C7H5Cl2NO3S/c8-7(9)14(13)6-3-1-5(2-4-6)10(11)12/h1-4,7H/t14-/m0/s1. The molecule has 0 unspecified atom stereocenters. The van der Waals surface area contributed by atoms with Gasteiger partial charge in [-0.2, -0.15) is 0 Å². The van der Waals surface area contributed by atoms with Gasteiger partial charge in [-0.3, -0.25) is 14.3 Å². The third-order valence-corrected chi connectivity index (χ3v) is 3.47. The monoisotopic (exact) mass is 253 g/mol. The van der Waals surface area contributed by atoms with Crippen LogP contribution in [0.25, 0.3) is 0 Å². The molecule has 14 heavy (non-hydrogen) atoms. The molecular formula is C7H5Cl2NO3S. The average molecular weight is 254 g/mol. The van der Waals surface area contributed by atoms with E-state index in [0.717, 1.165) is 0 Å². The summed E-state index contributed by atoms with van der Waals surface area (Å²) >= 11 is 10.8. The van der Waals surface area contributed by atoms with Gasteiger partial charge in [-0.1, -0.05) is 23.2 Å². The van der Waals surface area contributed by atoms with Crippen molar-refractivity contribution in [2.45, 2.75) is 9.06 Å². The smallest absolute Gasteiger partial charge is 0.258 e. The second-order valence-corrected chi connectivity index (χ2v) is 5.46. The number of nitro benzene ring substituents is 1. The van der Waals surface area contributed by atoms with Crippen molar-refractivity contribution in [3.8, 4) is 0 Å². The van der Waals surface area contributed by atoms with Crippen molar-refractivity contribution in [1.82, 2.24) is 0 Å². The molecular weight excluding hydrogens is 249 g/mol. The van der Waals surface area contributed by atoms with Gasteiger partial charge in [0.25, 0.3) is 5.69 Å². The minimum atomic E-state index is -1.55. The number of rotatable bonds is 3. The molecule has 0 aromatic heterocycles. The van der Waals surface area contributed by atoms with E-state index in [0.29, 0.717) is 4.90 Å². The zero-order valence-corrected chi connectivity index (χ0v) is 9.05. The fraction of sp³-hybridized carbons (Fsp3) is 0.143. The molecule has 0 spiro atoms. The Kier molecular flexibility index (Phi) is 3.86. The van der Waals surface area contributed by atoms with Gasteiger partial charge < -0.3 is 0 Å². The van der Waals surface area contributed by atoms with E-state index < -0.39 is 19.9 Å². The Bertz CT molecular complexity index is 366. The second kappa shape index (κ2) is 4.72. The van der Waals surface area contributed by atoms with Crippen LogP contribution in [0.4, 0.5) is 5.69 Å². The summed E-state index contributed by atoms with van der Waals surface area (Å²) in [5, 5.41) is 10.3. The van der Waals surface area contributed by atoms with Crippen LogP contribution in [-0.4, -0.2) is 13.3 Å². The van der Waals surface area contributed by atoms with Crippen LogP contribution in [0.2, 0.25) is 0 Å². The number of non-ortho nitro benzene ring substituents is 1. The molecule has 0 bridgehead atoms. The highest BCUT2D eigenvalue weighted by Crippen LogP contribution is 2.19. The summed E-state index contributed by atoms with van der Waals surface area (Å²) in [7, 11) is -1.55. The lowest BCUT2D eigenvalue weighted by Gasteiger charge is -2.00. The van der Waals surface area contributed by atoms with Gasteiger partial charge in [-0.05, 0) is 12.1 Å². The fourth-order valence-electron chi connectivity index (χ4n) is 0.805. The highest BCUT2D eigenvalue weighted by molar-refractivity contribution is 7.88. The first-order valence-corrected chi connectivity index (χ1v) is 5.54. The van der Waals surface area contributed by atoms with E-state index in [4.69, 9.17) is 23.2 Å². The Balaban J connectivity index is 2.94. The summed E-state index contributed by atoms with van der Waals surface area (Å²) in [5.41, 5.74) is -0.0635. The lowest BCUT2D eigenvalue weighted by Crippen LogP contribution is -2.00. The molecule has 0 aliphatic carbocycles. The Hall–Kier alpha value is -0.650. The van der Waals surface area contributed by atoms with Gasteiger partial charge in [0.05, 0.1) is 15.7 Å². The number of nitro groups is 1. The van der Waals surface area contributed by atoms with Crippen molar-refractivity contribution >= 4 is 39.7 Å². The zero-order valence-electron chi connectivity index (χ0n) is 6.72. The Morgan fingerprint density at radius 1 is 1.29 bits per heavy atom. The Labute approximate surface area is 92.4 Å². The molecule has 1 atom stereocenters. The molecule has 1 aromatic rings. The third-order valence-electron chi connectivity index (χ3n) is 1.44. The van der Waals surface area contributed by atoms with Gasteiger partial charge in [-0.25, -0.2) is 0 Å². The van der Waals surface area contributed by atoms with Crippen LogP contribution in [0.1, 0.15) is 0 Å². The highest BCUT2D eigenvalue weighted by Gasteiger charge is 2.13. The van der Waals surface area contributed by atoms with Gasteiger partial charge in [0.2, 0.25) is 0 Å². The summed E-state index contributed by atoms with van der Waals surface area (Å²) in [6.07, 6.45) is 0. The molecule has 0 radical (unpaired) electrons. The summed E-state index contributed by atoms with van der Waals surface area (Å²) in [6, 6.07) is 5.24. The maximum Gasteiger partial charge on any atom is 0.269 e. The normalized spacial score (nSPS) is 12.8. The van der Waals surface area contributed by atoms with Crippen LogP contribution in [0.15, 0.2) is 29.2 Å². The fourth-order valence-corrected chi connectivity index (χ4v) is 2.03. The molecule has 1 rings (SSSR count). The van der Waals surface area contributed by atoms with E-state index in [2.05, 4.69) is 0 Å². The summed E-state index contributed by atoms with van der Waals surface area (Å²) < 4.78 is 10.3. The number of alkyl halides is 2. The van der Waals surface area contributed by atoms with Crippen molar-refractivity contribution in [1.29, 1.82) is 0 Å². The van der Waals surface area contributed by atoms with E-state index in [9.17, 15) is 14.3 Å². The first-order chi connectivity index (χ1) is 6.52. The van der Waals surface area contributed by atoms with Gasteiger partial charge in [-0.15, -0.1) is 0 Å². The molecule has 0 saturated carbocycles. The predicted octanol–water partition coefficient (Wildman–Crippen LogP) is 2.46. The van der Waals surface area contributed by atoms with E-state index in [1.165, 1.54) is 24.3 Å². The van der Waals surface area contributed by atoms with E-state index in [1.54, 1.807) is 0 Å². The van der Waals surface area contributed by atoms with Crippen LogP contribution in [-0.2, 0) is 10.8 Å². The van der Waals surface area contributed by atoms with Gasteiger partial charge in [0.15, 0.2) is 4.17 Å². The maximum absolute atomic E-state index is 11.3. The van der Waals surface area contributed by atoms with E-state index in [1.807, 2.05) is 0 Å². The minimum Gasteiger partial charge on any atom is -0.258 e. The van der Waals surface area contributed by atoms with Crippen molar-refractivity contribution < 1.29 is 9.13 Å². The maximum atomic E-state index is 11.3. The van der Waals surface area contributed by atoms with Crippen molar-refractivity contribution in [2.24, 2.45) is 0 Å². The minimum absolute atomic E-state index is 0.0635. The van der Waals surface area contributed by atoms with Gasteiger partial charge in [0, 0.05) is 17.0 Å². The number of hydrogen-bond donors (Lipinski definition) is 0. The second-order valence-electron chi connectivity index (χ2n) is 2.31. The quantitative estimate of drug-likeness (QED) is 0.473. The number of halogens is 2. The highest BCUT2D eigenvalue weighted by atomic mass is 35.5.